The maximum absolute atomic E-state index is 12.6. The molecule has 7 heteroatoms. The molecular formula is C21H29N3O3S. The van der Waals surface area contributed by atoms with Crippen LogP contribution in [0.2, 0.25) is 0 Å². The predicted molar refractivity (Wildman–Crippen MR) is 110 cm³/mol. The highest BCUT2D eigenvalue weighted by Crippen LogP contribution is 2.40. The maximum Gasteiger partial charge on any atom is 0.238 e. The number of benzene rings is 1. The van der Waals surface area contributed by atoms with E-state index < -0.39 is 0 Å². The zero-order valence-corrected chi connectivity index (χ0v) is 17.2. The first-order valence-electron chi connectivity index (χ1n) is 10.2. The summed E-state index contributed by atoms with van der Waals surface area (Å²) in [7, 11) is 1.67. The van der Waals surface area contributed by atoms with Gasteiger partial charge in [0.25, 0.3) is 0 Å². The lowest BCUT2D eigenvalue weighted by molar-refractivity contribution is -0.134. The van der Waals surface area contributed by atoms with Gasteiger partial charge in [0, 0.05) is 31.3 Å². The molecule has 3 fully saturated rings. The van der Waals surface area contributed by atoms with Crippen molar-refractivity contribution in [1.29, 1.82) is 0 Å². The van der Waals surface area contributed by atoms with E-state index >= 15 is 0 Å². The summed E-state index contributed by atoms with van der Waals surface area (Å²) in [5, 5.41) is 6.63. The minimum Gasteiger partial charge on any atom is -0.496 e. The Morgan fingerprint density at radius 2 is 2.04 bits per heavy atom. The number of rotatable bonds is 6. The molecule has 3 aliphatic rings. The third-order valence-corrected chi connectivity index (χ3v) is 7.55. The third-order valence-electron chi connectivity index (χ3n) is 5.98. The topological polar surface area (TPSA) is 70.7 Å². The molecule has 1 unspecified atom stereocenters. The highest BCUT2D eigenvalue weighted by Gasteiger charge is 2.45. The molecule has 152 valence electrons. The van der Waals surface area contributed by atoms with Crippen LogP contribution in [0, 0.1) is 5.92 Å². The second-order valence-corrected chi connectivity index (χ2v) is 9.36. The standard InChI is InChI=1S/C21H29N3O3S/c1-27-18-5-3-2-4-15(18)8-11-22-19(25)17-14-28-21(23-17)9-12-24(13-10-21)20(26)16-6-7-16/h2-5,16-17,23H,6-14H2,1H3,(H,22,25). The van der Waals surface area contributed by atoms with Gasteiger partial charge in [-0.2, -0.15) is 0 Å². The Balaban J connectivity index is 1.23. The first kappa shape index (κ1) is 19.6. The number of piperidine rings is 1. The van der Waals surface area contributed by atoms with E-state index in [1.165, 1.54) is 0 Å². The highest BCUT2D eigenvalue weighted by atomic mass is 32.2. The third kappa shape index (κ3) is 4.30. The van der Waals surface area contributed by atoms with E-state index in [9.17, 15) is 9.59 Å². The number of ether oxygens (including phenoxy) is 1. The van der Waals surface area contributed by atoms with Crippen LogP contribution in [0.3, 0.4) is 0 Å². The predicted octanol–water partition coefficient (Wildman–Crippen LogP) is 1.79. The zero-order chi connectivity index (χ0) is 19.6. The number of hydrogen-bond donors (Lipinski definition) is 2. The van der Waals surface area contributed by atoms with Gasteiger partial charge in [-0.05, 0) is 43.7 Å². The zero-order valence-electron chi connectivity index (χ0n) is 16.4. The summed E-state index contributed by atoms with van der Waals surface area (Å²) in [5.41, 5.74) is 1.10. The molecule has 2 amide bonds. The molecule has 28 heavy (non-hydrogen) atoms. The molecule has 2 N–H and O–H groups in total. The smallest absolute Gasteiger partial charge is 0.238 e. The van der Waals surface area contributed by atoms with Gasteiger partial charge in [0.2, 0.25) is 11.8 Å². The minimum atomic E-state index is -0.159. The lowest BCUT2D eigenvalue weighted by atomic mass is 10.0. The summed E-state index contributed by atoms with van der Waals surface area (Å²) >= 11 is 1.85. The first-order chi connectivity index (χ1) is 13.6. The average molecular weight is 404 g/mol. The highest BCUT2D eigenvalue weighted by molar-refractivity contribution is 8.01. The molecule has 4 rings (SSSR count). The maximum atomic E-state index is 12.6. The summed E-state index contributed by atoms with van der Waals surface area (Å²) in [5.74, 6) is 2.34. The van der Waals surface area contributed by atoms with Gasteiger partial charge in [0.05, 0.1) is 18.0 Å². The molecule has 0 radical (unpaired) electrons. The van der Waals surface area contributed by atoms with Crippen molar-refractivity contribution in [2.75, 3.05) is 32.5 Å². The summed E-state index contributed by atoms with van der Waals surface area (Å²) in [4.78, 5) is 26.8. The van der Waals surface area contributed by atoms with E-state index in [2.05, 4.69) is 10.6 Å². The molecule has 1 spiro atoms. The monoisotopic (exact) mass is 403 g/mol. The SMILES string of the molecule is COc1ccccc1CCNC(=O)C1CSC2(CCN(C(=O)C3CC3)CC2)N1. The normalized spacial score (nSPS) is 23.6. The largest absolute Gasteiger partial charge is 0.496 e. The van der Waals surface area contributed by atoms with Crippen molar-refractivity contribution < 1.29 is 14.3 Å². The fourth-order valence-corrected chi connectivity index (χ4v) is 5.52. The number of carbonyl (C=O) groups is 2. The molecular weight excluding hydrogens is 374 g/mol. The van der Waals surface area contributed by atoms with Crippen LogP contribution in [-0.2, 0) is 16.0 Å². The van der Waals surface area contributed by atoms with Crippen molar-refractivity contribution in [3.8, 4) is 5.75 Å². The Bertz CT molecular complexity index is 729. The molecule has 1 aromatic carbocycles. The van der Waals surface area contributed by atoms with Gasteiger partial charge in [0.1, 0.15) is 5.75 Å². The molecule has 6 nitrogen and oxygen atoms in total. The second kappa shape index (κ2) is 8.33. The van der Waals surface area contributed by atoms with E-state index in [1.54, 1.807) is 7.11 Å². The number of methoxy groups -OCH3 is 1. The fraction of sp³-hybridized carbons (Fsp3) is 0.619. The van der Waals surface area contributed by atoms with Crippen LogP contribution in [0.15, 0.2) is 24.3 Å². The van der Waals surface area contributed by atoms with Crippen LogP contribution in [0.4, 0.5) is 0 Å². The van der Waals surface area contributed by atoms with Gasteiger partial charge in [-0.15, -0.1) is 11.8 Å². The number of para-hydroxylation sites is 1. The van der Waals surface area contributed by atoms with Crippen LogP contribution in [0.25, 0.3) is 0 Å². The van der Waals surface area contributed by atoms with Gasteiger partial charge in [-0.25, -0.2) is 0 Å². The Morgan fingerprint density at radius 1 is 1.29 bits per heavy atom. The summed E-state index contributed by atoms with van der Waals surface area (Å²) in [6.07, 6.45) is 4.70. The van der Waals surface area contributed by atoms with Gasteiger partial charge in [0.15, 0.2) is 0 Å². The van der Waals surface area contributed by atoms with Crippen molar-refractivity contribution >= 4 is 23.6 Å². The average Bonchev–Trinajstić information content (AvgIpc) is 3.50. The molecule has 0 bridgehead atoms. The molecule has 2 heterocycles. The van der Waals surface area contributed by atoms with Crippen LogP contribution >= 0.6 is 11.8 Å². The van der Waals surface area contributed by atoms with Crippen LogP contribution < -0.4 is 15.4 Å². The molecule has 1 saturated carbocycles. The van der Waals surface area contributed by atoms with Crippen molar-refractivity contribution in [2.45, 2.75) is 43.0 Å². The van der Waals surface area contributed by atoms with Gasteiger partial charge in [-0.3, -0.25) is 14.9 Å². The molecule has 1 aromatic rings. The fourth-order valence-electron chi connectivity index (χ4n) is 4.10. The Hall–Kier alpha value is -1.73. The molecule has 1 atom stereocenters. The Labute approximate surface area is 170 Å². The molecule has 1 aliphatic carbocycles. The molecule has 2 aliphatic heterocycles. The van der Waals surface area contributed by atoms with Crippen molar-refractivity contribution in [3.63, 3.8) is 0 Å². The van der Waals surface area contributed by atoms with E-state index in [0.29, 0.717) is 18.4 Å². The summed E-state index contributed by atoms with van der Waals surface area (Å²) in [6, 6.07) is 7.74. The molecule has 2 saturated heterocycles. The quantitative estimate of drug-likeness (QED) is 0.758. The van der Waals surface area contributed by atoms with Crippen LogP contribution in [-0.4, -0.2) is 60.1 Å². The summed E-state index contributed by atoms with van der Waals surface area (Å²) in [6.45, 7) is 2.20. The van der Waals surface area contributed by atoms with Gasteiger partial charge >= 0.3 is 0 Å². The second-order valence-electron chi connectivity index (χ2n) is 7.95. The number of carbonyl (C=O) groups excluding carboxylic acids is 2. The van der Waals surface area contributed by atoms with E-state index in [4.69, 9.17) is 4.74 Å². The number of nitrogens with zero attached hydrogens (tertiary/aromatic N) is 1. The Morgan fingerprint density at radius 3 is 2.75 bits per heavy atom. The summed E-state index contributed by atoms with van der Waals surface area (Å²) < 4.78 is 5.37. The Kier molecular flexibility index (Phi) is 5.83. The number of thioether (sulfide) groups is 1. The van der Waals surface area contributed by atoms with Crippen molar-refractivity contribution in [2.24, 2.45) is 5.92 Å². The number of likely N-dealkylation sites (tertiary alicyclic amines) is 1. The number of hydrogen-bond acceptors (Lipinski definition) is 5. The van der Waals surface area contributed by atoms with E-state index in [1.807, 2.05) is 40.9 Å². The molecule has 0 aromatic heterocycles. The van der Waals surface area contributed by atoms with Crippen LogP contribution in [0.5, 0.6) is 5.75 Å². The first-order valence-corrected chi connectivity index (χ1v) is 11.2. The van der Waals surface area contributed by atoms with Crippen LogP contribution in [0.1, 0.15) is 31.2 Å². The van der Waals surface area contributed by atoms with Gasteiger partial charge in [-0.1, -0.05) is 18.2 Å². The van der Waals surface area contributed by atoms with E-state index in [-0.39, 0.29) is 16.8 Å². The minimum absolute atomic E-state index is 0.0506. The number of nitrogens with one attached hydrogen (secondary N) is 2. The lowest BCUT2D eigenvalue weighted by Gasteiger charge is -2.39. The van der Waals surface area contributed by atoms with Crippen molar-refractivity contribution in [1.82, 2.24) is 15.5 Å². The lowest BCUT2D eigenvalue weighted by Crippen LogP contribution is -2.54. The van der Waals surface area contributed by atoms with E-state index in [0.717, 1.165) is 62.3 Å². The number of amides is 2. The van der Waals surface area contributed by atoms with Crippen molar-refractivity contribution in [3.05, 3.63) is 29.8 Å². The van der Waals surface area contributed by atoms with Gasteiger partial charge < -0.3 is 15.0 Å².